The van der Waals surface area contributed by atoms with E-state index in [0.717, 1.165) is 34.8 Å². The molecule has 0 amide bonds. The fourth-order valence-electron chi connectivity index (χ4n) is 4.38. The van der Waals surface area contributed by atoms with Crippen molar-refractivity contribution in [3.05, 3.63) is 46.9 Å². The van der Waals surface area contributed by atoms with Crippen LogP contribution in [0.15, 0.2) is 42.0 Å². The number of aliphatic hydroxyl groups excluding tert-OH is 1. The number of fused-ring (bicyclic) bond motifs is 2. The van der Waals surface area contributed by atoms with Gasteiger partial charge in [-0.3, -0.25) is 4.90 Å². The first-order valence-electron chi connectivity index (χ1n) is 10.1. The minimum absolute atomic E-state index is 0.225. The molecule has 1 saturated heterocycles. The van der Waals surface area contributed by atoms with Crippen LogP contribution in [0, 0.1) is 0 Å². The Morgan fingerprint density at radius 3 is 3.07 bits per heavy atom. The van der Waals surface area contributed by atoms with Crippen molar-refractivity contribution in [2.45, 2.75) is 31.7 Å². The minimum atomic E-state index is 0.225. The Balaban J connectivity index is 1.46. The molecule has 1 aliphatic heterocycles. The Hall–Kier alpha value is -2.06. The molecule has 1 fully saturated rings. The zero-order valence-electron chi connectivity index (χ0n) is 16.3. The van der Waals surface area contributed by atoms with E-state index in [1.165, 1.54) is 27.8 Å². The van der Waals surface area contributed by atoms with Gasteiger partial charge >= 0.3 is 0 Å². The van der Waals surface area contributed by atoms with E-state index in [4.69, 9.17) is 0 Å². The third kappa shape index (κ3) is 3.64. The molecule has 0 bridgehead atoms. The SMILES string of the molecule is CC1C(c2cc3c(Nc4ccc5scnc5c4)ccnc3s2)CCCN1CCO. The van der Waals surface area contributed by atoms with Gasteiger partial charge in [0.25, 0.3) is 0 Å². The number of β-amino-alcohol motifs (C(OH)–C–C–N with tert-alkyl or cyclic N) is 1. The van der Waals surface area contributed by atoms with Gasteiger partial charge in [0.1, 0.15) is 4.83 Å². The molecule has 4 heterocycles. The van der Waals surface area contributed by atoms with Crippen LogP contribution in [-0.2, 0) is 0 Å². The Bertz CT molecular complexity index is 1140. The molecule has 0 aliphatic carbocycles. The first-order chi connectivity index (χ1) is 14.2. The number of rotatable bonds is 5. The summed E-state index contributed by atoms with van der Waals surface area (Å²) in [7, 11) is 0. The monoisotopic (exact) mass is 424 g/mol. The van der Waals surface area contributed by atoms with Crippen molar-refractivity contribution in [2.24, 2.45) is 0 Å². The number of hydrogen-bond acceptors (Lipinski definition) is 7. The van der Waals surface area contributed by atoms with Crippen molar-refractivity contribution >= 4 is 54.5 Å². The lowest BCUT2D eigenvalue weighted by Crippen LogP contribution is -2.43. The summed E-state index contributed by atoms with van der Waals surface area (Å²) < 4.78 is 1.20. The first kappa shape index (κ1) is 18.9. The molecule has 2 atom stereocenters. The van der Waals surface area contributed by atoms with Gasteiger partial charge in [0.2, 0.25) is 0 Å². The van der Waals surface area contributed by atoms with Gasteiger partial charge in [0, 0.05) is 40.7 Å². The predicted octanol–water partition coefficient (Wildman–Crippen LogP) is 5.21. The summed E-state index contributed by atoms with van der Waals surface area (Å²) in [5.41, 5.74) is 5.04. The van der Waals surface area contributed by atoms with Crippen molar-refractivity contribution < 1.29 is 5.11 Å². The number of piperidine rings is 1. The molecule has 150 valence electrons. The number of likely N-dealkylation sites (tertiary alicyclic amines) is 1. The van der Waals surface area contributed by atoms with Crippen molar-refractivity contribution in [1.82, 2.24) is 14.9 Å². The van der Waals surface area contributed by atoms with Gasteiger partial charge in [-0.15, -0.1) is 22.7 Å². The number of benzene rings is 1. The average Bonchev–Trinajstić information content (AvgIpc) is 3.36. The van der Waals surface area contributed by atoms with Crippen LogP contribution in [0.3, 0.4) is 0 Å². The Morgan fingerprint density at radius 1 is 1.24 bits per heavy atom. The van der Waals surface area contributed by atoms with Gasteiger partial charge in [0.15, 0.2) is 0 Å². The highest BCUT2D eigenvalue weighted by molar-refractivity contribution is 7.18. The number of thiazole rings is 1. The number of pyridine rings is 1. The van der Waals surface area contributed by atoms with Crippen LogP contribution >= 0.6 is 22.7 Å². The van der Waals surface area contributed by atoms with E-state index in [1.54, 1.807) is 22.7 Å². The smallest absolute Gasteiger partial charge is 0.125 e. The summed E-state index contributed by atoms with van der Waals surface area (Å²) in [4.78, 5) is 13.9. The molecule has 2 N–H and O–H groups in total. The standard InChI is InChI=1S/C22H24N4OS2/c1-14-16(3-2-8-26(14)9-10-27)21-12-17-18(6-7-23-22(17)29-21)25-15-4-5-20-19(11-15)24-13-28-20/h4-7,11-14,16,27H,2-3,8-10H2,1H3,(H,23,25). The molecule has 5 nitrogen and oxygen atoms in total. The van der Waals surface area contributed by atoms with Crippen molar-refractivity contribution in [2.75, 3.05) is 25.0 Å². The lowest BCUT2D eigenvalue weighted by atomic mass is 9.88. The summed E-state index contributed by atoms with van der Waals surface area (Å²) in [6.07, 6.45) is 4.25. The van der Waals surface area contributed by atoms with Crippen LogP contribution in [0.1, 0.15) is 30.6 Å². The zero-order chi connectivity index (χ0) is 19.8. The highest BCUT2D eigenvalue weighted by atomic mass is 32.1. The molecule has 3 aromatic heterocycles. The van der Waals surface area contributed by atoms with Crippen molar-refractivity contribution in [3.8, 4) is 0 Å². The summed E-state index contributed by atoms with van der Waals surface area (Å²) in [5.74, 6) is 0.494. The number of nitrogens with one attached hydrogen (secondary N) is 1. The van der Waals surface area contributed by atoms with Gasteiger partial charge in [-0.2, -0.15) is 0 Å². The maximum atomic E-state index is 9.38. The molecular formula is C22H24N4OS2. The third-order valence-corrected chi connectivity index (χ3v) is 7.92. The van der Waals surface area contributed by atoms with E-state index in [2.05, 4.69) is 51.4 Å². The van der Waals surface area contributed by atoms with Crippen molar-refractivity contribution in [1.29, 1.82) is 0 Å². The number of nitrogens with zero attached hydrogens (tertiary/aromatic N) is 3. The fraction of sp³-hybridized carbons (Fsp3) is 0.364. The van der Waals surface area contributed by atoms with Crippen molar-refractivity contribution in [3.63, 3.8) is 0 Å². The fourth-order valence-corrected chi connectivity index (χ4v) is 6.30. The molecule has 1 aliphatic rings. The maximum absolute atomic E-state index is 9.38. The summed E-state index contributed by atoms with van der Waals surface area (Å²) in [5, 5.41) is 14.1. The van der Waals surface area contributed by atoms with Crippen LogP contribution in [-0.4, -0.2) is 45.7 Å². The second kappa shape index (κ2) is 7.99. The summed E-state index contributed by atoms with van der Waals surface area (Å²) in [6.45, 7) is 4.35. The third-order valence-electron chi connectivity index (χ3n) is 5.94. The van der Waals surface area contributed by atoms with E-state index in [1.807, 2.05) is 17.8 Å². The topological polar surface area (TPSA) is 61.3 Å². The van der Waals surface area contributed by atoms with Crippen LogP contribution in [0.2, 0.25) is 0 Å². The minimum Gasteiger partial charge on any atom is -0.395 e. The Morgan fingerprint density at radius 2 is 2.17 bits per heavy atom. The zero-order valence-corrected chi connectivity index (χ0v) is 18.0. The quantitative estimate of drug-likeness (QED) is 0.460. The Kier molecular flexibility index (Phi) is 5.22. The largest absolute Gasteiger partial charge is 0.395 e. The molecule has 0 saturated carbocycles. The van der Waals surface area contributed by atoms with E-state index in [9.17, 15) is 5.11 Å². The predicted molar refractivity (Wildman–Crippen MR) is 123 cm³/mol. The second-order valence-electron chi connectivity index (χ2n) is 7.63. The lowest BCUT2D eigenvalue weighted by Gasteiger charge is -2.38. The van der Waals surface area contributed by atoms with Gasteiger partial charge < -0.3 is 10.4 Å². The summed E-state index contributed by atoms with van der Waals surface area (Å²) >= 11 is 3.47. The summed E-state index contributed by atoms with van der Waals surface area (Å²) in [6, 6.07) is 11.1. The van der Waals surface area contributed by atoms with E-state index >= 15 is 0 Å². The molecule has 0 spiro atoms. The second-order valence-corrected chi connectivity index (χ2v) is 9.58. The highest BCUT2D eigenvalue weighted by Gasteiger charge is 2.30. The maximum Gasteiger partial charge on any atom is 0.125 e. The Labute approximate surface area is 178 Å². The van der Waals surface area contributed by atoms with Gasteiger partial charge in [0.05, 0.1) is 28.0 Å². The lowest BCUT2D eigenvalue weighted by molar-refractivity contribution is 0.111. The number of thiophene rings is 1. The average molecular weight is 425 g/mol. The van der Waals surface area contributed by atoms with Crippen LogP contribution in [0.5, 0.6) is 0 Å². The number of anilines is 2. The highest BCUT2D eigenvalue weighted by Crippen LogP contribution is 2.40. The molecule has 29 heavy (non-hydrogen) atoms. The van der Waals surface area contributed by atoms with Crippen LogP contribution in [0.4, 0.5) is 11.4 Å². The molecule has 1 aromatic carbocycles. The first-order valence-corrected chi connectivity index (χ1v) is 11.8. The van der Waals surface area contributed by atoms with Gasteiger partial charge in [-0.25, -0.2) is 9.97 Å². The van der Waals surface area contributed by atoms with E-state index < -0.39 is 0 Å². The molecular weight excluding hydrogens is 400 g/mol. The molecule has 0 radical (unpaired) electrons. The van der Waals surface area contributed by atoms with Crippen LogP contribution in [0.25, 0.3) is 20.4 Å². The molecule has 5 rings (SSSR count). The molecule has 4 aromatic rings. The molecule has 2 unspecified atom stereocenters. The van der Waals surface area contributed by atoms with Gasteiger partial charge in [-0.1, -0.05) is 0 Å². The van der Waals surface area contributed by atoms with Gasteiger partial charge in [-0.05, 0) is 56.6 Å². The number of aromatic nitrogens is 2. The van der Waals surface area contributed by atoms with E-state index in [-0.39, 0.29) is 6.61 Å². The number of aliphatic hydroxyl groups is 1. The normalized spacial score (nSPS) is 20.5. The van der Waals surface area contributed by atoms with Crippen LogP contribution < -0.4 is 5.32 Å². The number of hydrogen-bond donors (Lipinski definition) is 2. The molecule has 7 heteroatoms. The van der Waals surface area contributed by atoms with E-state index in [0.29, 0.717) is 12.0 Å².